The van der Waals surface area contributed by atoms with Gasteiger partial charge >= 0.3 is 5.97 Å². The number of para-hydroxylation sites is 1. The van der Waals surface area contributed by atoms with E-state index >= 15 is 0 Å². The number of benzene rings is 2. The van der Waals surface area contributed by atoms with Gasteiger partial charge in [0.15, 0.2) is 11.5 Å². The molecule has 0 saturated carbocycles. The van der Waals surface area contributed by atoms with Crippen molar-refractivity contribution in [3.05, 3.63) is 70.7 Å². The summed E-state index contributed by atoms with van der Waals surface area (Å²) in [6, 6.07) is 11.0. The molecule has 1 aliphatic heterocycles. The highest BCUT2D eigenvalue weighted by Gasteiger charge is 2.38. The summed E-state index contributed by atoms with van der Waals surface area (Å²) in [5.41, 5.74) is 1.16. The van der Waals surface area contributed by atoms with Gasteiger partial charge in [0.25, 0.3) is 5.91 Å². The van der Waals surface area contributed by atoms with E-state index in [1.807, 2.05) is 6.92 Å². The molecule has 0 spiro atoms. The second-order valence-electron chi connectivity index (χ2n) is 6.45. The lowest BCUT2D eigenvalue weighted by atomic mass is 10.0. The van der Waals surface area contributed by atoms with Crippen LogP contribution in [0.15, 0.2) is 59.3 Å². The van der Waals surface area contributed by atoms with E-state index in [-0.39, 0.29) is 16.8 Å². The minimum Gasteiger partial charge on any atom is -0.493 e. The smallest absolute Gasteiger partial charge is 0.340 e. The summed E-state index contributed by atoms with van der Waals surface area (Å²) in [5, 5.41) is 0. The summed E-state index contributed by atoms with van der Waals surface area (Å²) in [4.78, 5) is 26.8. The van der Waals surface area contributed by atoms with E-state index < -0.39 is 17.7 Å². The van der Waals surface area contributed by atoms with Crippen LogP contribution >= 0.6 is 0 Å². The molecular weight excluding hydrogens is 389 g/mol. The van der Waals surface area contributed by atoms with Crippen molar-refractivity contribution in [3.8, 4) is 11.5 Å². The van der Waals surface area contributed by atoms with Crippen molar-refractivity contribution in [3.63, 3.8) is 0 Å². The van der Waals surface area contributed by atoms with Crippen molar-refractivity contribution in [2.24, 2.45) is 0 Å². The summed E-state index contributed by atoms with van der Waals surface area (Å²) in [5.74, 6) is -0.719. The Balaban J connectivity index is 2.13. The maximum Gasteiger partial charge on any atom is 0.340 e. The Bertz CT molecular complexity index is 1060. The Morgan fingerprint density at radius 2 is 1.87 bits per heavy atom. The fraction of sp³-hybridized carbons (Fsp3) is 0.217. The highest BCUT2D eigenvalue weighted by Crippen LogP contribution is 2.37. The van der Waals surface area contributed by atoms with Crippen LogP contribution in [0.4, 0.5) is 10.1 Å². The number of hydrogen-bond donors (Lipinski definition) is 0. The average Bonchev–Trinajstić information content (AvgIpc) is 2.98. The number of halogens is 1. The third kappa shape index (κ3) is 3.78. The molecule has 0 aromatic heterocycles. The summed E-state index contributed by atoms with van der Waals surface area (Å²) < 4.78 is 30.1. The number of ether oxygens (including phenoxy) is 3. The molecule has 0 unspecified atom stereocenters. The number of allylic oxidation sites excluding steroid dienone is 1. The first kappa shape index (κ1) is 21.1. The van der Waals surface area contributed by atoms with Crippen LogP contribution in [-0.4, -0.2) is 32.7 Å². The van der Waals surface area contributed by atoms with E-state index in [1.54, 1.807) is 37.3 Å². The van der Waals surface area contributed by atoms with E-state index in [0.29, 0.717) is 29.4 Å². The van der Waals surface area contributed by atoms with E-state index in [2.05, 4.69) is 0 Å². The van der Waals surface area contributed by atoms with E-state index in [0.717, 1.165) is 0 Å². The number of methoxy groups -OCH3 is 2. The van der Waals surface area contributed by atoms with Gasteiger partial charge in [-0.05, 0) is 49.8 Å². The van der Waals surface area contributed by atoms with Crippen molar-refractivity contribution in [1.29, 1.82) is 0 Å². The second kappa shape index (κ2) is 8.82. The third-order valence-electron chi connectivity index (χ3n) is 4.68. The lowest BCUT2D eigenvalue weighted by molar-refractivity contribution is -0.136. The first-order valence-corrected chi connectivity index (χ1v) is 9.34. The number of amides is 1. The lowest BCUT2D eigenvalue weighted by Crippen LogP contribution is -2.25. The largest absolute Gasteiger partial charge is 0.493 e. The SMILES string of the molecule is CCOc1ccc(/C=C2\C(=O)N(c3ccccc3F)C(C)=C2C(=O)OC)cc1OC. The monoisotopic (exact) mass is 411 g/mol. The Morgan fingerprint density at radius 1 is 1.13 bits per heavy atom. The predicted octanol–water partition coefficient (Wildman–Crippen LogP) is 4.11. The van der Waals surface area contributed by atoms with Crippen molar-refractivity contribution in [2.75, 3.05) is 25.7 Å². The van der Waals surface area contributed by atoms with Crippen molar-refractivity contribution >= 4 is 23.6 Å². The Morgan fingerprint density at radius 3 is 2.50 bits per heavy atom. The van der Waals surface area contributed by atoms with Gasteiger partial charge in [0.1, 0.15) is 5.82 Å². The highest BCUT2D eigenvalue weighted by molar-refractivity contribution is 6.23. The van der Waals surface area contributed by atoms with Crippen LogP contribution in [0, 0.1) is 5.82 Å². The molecule has 30 heavy (non-hydrogen) atoms. The highest BCUT2D eigenvalue weighted by atomic mass is 19.1. The van der Waals surface area contributed by atoms with Crippen molar-refractivity contribution < 1.29 is 28.2 Å². The molecule has 156 valence electrons. The number of hydrogen-bond acceptors (Lipinski definition) is 5. The molecule has 2 aromatic carbocycles. The summed E-state index contributed by atoms with van der Waals surface area (Å²) in [7, 11) is 2.75. The van der Waals surface area contributed by atoms with Crippen LogP contribution < -0.4 is 14.4 Å². The zero-order chi connectivity index (χ0) is 21.8. The van der Waals surface area contributed by atoms with Gasteiger partial charge in [0.2, 0.25) is 0 Å². The van der Waals surface area contributed by atoms with Crippen molar-refractivity contribution in [2.45, 2.75) is 13.8 Å². The molecule has 0 bridgehead atoms. The molecule has 1 heterocycles. The molecule has 0 N–H and O–H groups in total. The summed E-state index contributed by atoms with van der Waals surface area (Å²) >= 11 is 0. The van der Waals surface area contributed by atoms with Gasteiger partial charge in [-0.1, -0.05) is 18.2 Å². The molecule has 3 rings (SSSR count). The predicted molar refractivity (Wildman–Crippen MR) is 111 cm³/mol. The van der Waals surface area contributed by atoms with Gasteiger partial charge in [-0.25, -0.2) is 9.18 Å². The molecule has 1 amide bonds. The summed E-state index contributed by atoms with van der Waals surface area (Å²) in [6.07, 6.45) is 1.55. The quantitative estimate of drug-likeness (QED) is 0.529. The molecule has 0 radical (unpaired) electrons. The Hall–Kier alpha value is -3.61. The average molecular weight is 411 g/mol. The van der Waals surface area contributed by atoms with E-state index in [9.17, 15) is 14.0 Å². The Kier molecular flexibility index (Phi) is 6.20. The Labute approximate surface area is 174 Å². The molecule has 0 aliphatic carbocycles. The van der Waals surface area contributed by atoms with Gasteiger partial charge in [0.05, 0.1) is 37.7 Å². The lowest BCUT2D eigenvalue weighted by Gasteiger charge is -2.18. The topological polar surface area (TPSA) is 65.1 Å². The first-order chi connectivity index (χ1) is 14.4. The normalized spacial score (nSPS) is 15.0. The fourth-order valence-corrected chi connectivity index (χ4v) is 3.32. The standard InChI is InChI=1S/C23H22FNO5/c1-5-30-19-11-10-15(13-20(19)28-3)12-16-21(23(27)29-4)14(2)25(22(16)26)18-9-7-6-8-17(18)24/h6-13H,5H2,1-4H3/b16-12-. The fourth-order valence-electron chi connectivity index (χ4n) is 3.32. The van der Waals surface area contributed by atoms with E-state index in [1.165, 1.54) is 37.3 Å². The number of nitrogens with zero attached hydrogens (tertiary/aromatic N) is 1. The number of carbonyl (C=O) groups excluding carboxylic acids is 2. The van der Waals surface area contributed by atoms with Gasteiger partial charge in [-0.2, -0.15) is 0 Å². The first-order valence-electron chi connectivity index (χ1n) is 9.34. The third-order valence-corrected chi connectivity index (χ3v) is 4.68. The van der Waals surface area contributed by atoms with Crippen LogP contribution in [0.2, 0.25) is 0 Å². The van der Waals surface area contributed by atoms with Crippen LogP contribution in [-0.2, 0) is 14.3 Å². The van der Waals surface area contributed by atoms with Crippen LogP contribution in [0.25, 0.3) is 6.08 Å². The van der Waals surface area contributed by atoms with Gasteiger partial charge in [-0.15, -0.1) is 0 Å². The van der Waals surface area contributed by atoms with Crippen LogP contribution in [0.3, 0.4) is 0 Å². The number of esters is 1. The zero-order valence-electron chi connectivity index (χ0n) is 17.2. The van der Waals surface area contributed by atoms with E-state index in [4.69, 9.17) is 14.2 Å². The zero-order valence-corrected chi connectivity index (χ0v) is 17.2. The molecule has 1 aliphatic rings. The number of carbonyl (C=O) groups is 2. The van der Waals surface area contributed by atoms with Gasteiger partial charge < -0.3 is 14.2 Å². The molecule has 0 fully saturated rings. The molecule has 7 heteroatoms. The van der Waals surface area contributed by atoms with Crippen LogP contribution in [0.1, 0.15) is 19.4 Å². The molecule has 2 aromatic rings. The molecule has 0 saturated heterocycles. The molecular formula is C23H22FNO5. The van der Waals surface area contributed by atoms with Gasteiger partial charge in [0, 0.05) is 5.70 Å². The number of rotatable bonds is 6. The minimum atomic E-state index is -0.677. The summed E-state index contributed by atoms with van der Waals surface area (Å²) in [6.45, 7) is 3.91. The molecule has 6 nitrogen and oxygen atoms in total. The maximum absolute atomic E-state index is 14.4. The molecule has 0 atom stereocenters. The maximum atomic E-state index is 14.4. The number of anilines is 1. The van der Waals surface area contributed by atoms with Gasteiger partial charge in [-0.3, -0.25) is 9.69 Å². The minimum absolute atomic E-state index is 0.0640. The van der Waals surface area contributed by atoms with Crippen molar-refractivity contribution in [1.82, 2.24) is 0 Å². The second-order valence-corrected chi connectivity index (χ2v) is 6.45. The van der Waals surface area contributed by atoms with Crippen LogP contribution in [0.5, 0.6) is 11.5 Å².